The molecule has 116 valence electrons. The Labute approximate surface area is 148 Å². The number of aliphatic hydroxyl groups is 1. The van der Waals surface area contributed by atoms with Crippen molar-refractivity contribution in [1.82, 2.24) is 4.90 Å². The Hall–Kier alpha value is -0.400. The SMILES string of the molecule is C/C=C/CCCCC([O-])=NCN(CC(=O)O)CC(C)O.[Na+]. The molecule has 0 radical (unpaired) electrons. The second-order valence-corrected chi connectivity index (χ2v) is 4.76. The molecule has 0 aliphatic carbocycles. The van der Waals surface area contributed by atoms with E-state index in [1.165, 1.54) is 4.90 Å². The molecular weight excluding hydrogens is 283 g/mol. The summed E-state index contributed by atoms with van der Waals surface area (Å²) in [4.78, 5) is 15.9. The second-order valence-electron chi connectivity index (χ2n) is 4.76. The summed E-state index contributed by atoms with van der Waals surface area (Å²) in [7, 11) is 0. The number of aliphatic imine (C=N–C) groups is 1. The number of aliphatic hydroxyl groups excluding tert-OH is 1. The Morgan fingerprint density at radius 1 is 1.43 bits per heavy atom. The molecule has 2 N–H and O–H groups in total. The molecule has 0 aromatic rings. The van der Waals surface area contributed by atoms with Gasteiger partial charge in [0.05, 0.1) is 19.3 Å². The number of carbonyl (C=O) groups is 1. The predicted octanol–water partition coefficient (Wildman–Crippen LogP) is -2.39. The van der Waals surface area contributed by atoms with Crippen LogP contribution < -0.4 is 34.7 Å². The van der Waals surface area contributed by atoms with Gasteiger partial charge in [-0.15, -0.1) is 0 Å². The number of aliphatic carboxylic acids is 1. The maximum absolute atomic E-state index is 11.5. The van der Waals surface area contributed by atoms with Crippen LogP contribution in [0.25, 0.3) is 0 Å². The number of nitrogens with zero attached hydrogens (tertiary/aromatic N) is 2. The van der Waals surface area contributed by atoms with Crippen LogP contribution in [-0.2, 0) is 4.79 Å². The molecule has 0 saturated carbocycles. The van der Waals surface area contributed by atoms with Gasteiger partial charge in [-0.05, 0) is 45.4 Å². The molecule has 7 heteroatoms. The van der Waals surface area contributed by atoms with Crippen LogP contribution in [0, 0.1) is 0 Å². The van der Waals surface area contributed by atoms with Gasteiger partial charge < -0.3 is 15.3 Å². The largest absolute Gasteiger partial charge is 1.00 e. The van der Waals surface area contributed by atoms with Crippen molar-refractivity contribution in [3.05, 3.63) is 12.2 Å². The Balaban J connectivity index is 0. The topological polar surface area (TPSA) is 96.2 Å². The third-order valence-electron chi connectivity index (χ3n) is 2.58. The van der Waals surface area contributed by atoms with Crippen molar-refractivity contribution >= 4 is 11.9 Å². The molecule has 6 nitrogen and oxygen atoms in total. The van der Waals surface area contributed by atoms with Gasteiger partial charge in [0.15, 0.2) is 0 Å². The molecule has 0 fully saturated rings. The molecule has 0 amide bonds. The van der Waals surface area contributed by atoms with Gasteiger partial charge in [-0.1, -0.05) is 12.2 Å². The van der Waals surface area contributed by atoms with Crippen LogP contribution >= 0.6 is 0 Å². The number of hydrogen-bond donors (Lipinski definition) is 2. The molecule has 0 spiro atoms. The van der Waals surface area contributed by atoms with Gasteiger partial charge in [0.2, 0.25) is 0 Å². The third kappa shape index (κ3) is 15.8. The van der Waals surface area contributed by atoms with E-state index in [4.69, 9.17) is 5.11 Å². The number of rotatable bonds is 11. The van der Waals surface area contributed by atoms with E-state index in [1.54, 1.807) is 6.92 Å². The van der Waals surface area contributed by atoms with E-state index in [1.807, 2.05) is 13.0 Å². The first-order chi connectivity index (χ1) is 9.45. The zero-order valence-electron chi connectivity index (χ0n) is 13.3. The Bertz CT molecular complexity index is 333. The molecule has 0 aliphatic heterocycles. The van der Waals surface area contributed by atoms with Gasteiger partial charge in [-0.3, -0.25) is 14.7 Å². The smallest absolute Gasteiger partial charge is 0.862 e. The number of unbranched alkanes of at least 4 members (excludes halogenated alkanes) is 2. The van der Waals surface area contributed by atoms with E-state index in [0.29, 0.717) is 6.42 Å². The van der Waals surface area contributed by atoms with Crippen LogP contribution in [0.1, 0.15) is 39.5 Å². The average Bonchev–Trinajstić information content (AvgIpc) is 2.34. The standard InChI is InChI=1S/C14H26N2O4.Na/c1-3-4-5-6-7-8-13(18)15-11-16(9-12(2)17)10-14(19)20;/h3-4,12,17H,5-11H2,1-2H3,(H,15,18)(H,19,20);/q;+1/p-1/b4-3+;. The van der Waals surface area contributed by atoms with E-state index in [0.717, 1.165) is 19.3 Å². The molecule has 0 aliphatic rings. The van der Waals surface area contributed by atoms with Crippen LogP contribution in [-0.4, -0.2) is 52.8 Å². The minimum absolute atomic E-state index is 0. The van der Waals surface area contributed by atoms with Crippen molar-refractivity contribution in [1.29, 1.82) is 0 Å². The fraction of sp³-hybridized carbons (Fsp3) is 0.714. The van der Waals surface area contributed by atoms with Gasteiger partial charge in [0.1, 0.15) is 0 Å². The molecule has 1 atom stereocenters. The van der Waals surface area contributed by atoms with Gasteiger partial charge in [0.25, 0.3) is 0 Å². The molecule has 1 unspecified atom stereocenters. The first-order valence-electron chi connectivity index (χ1n) is 6.89. The summed E-state index contributed by atoms with van der Waals surface area (Å²) < 4.78 is 0. The zero-order chi connectivity index (χ0) is 15.4. The summed E-state index contributed by atoms with van der Waals surface area (Å²) in [6.07, 6.45) is 6.44. The summed E-state index contributed by atoms with van der Waals surface area (Å²) in [5, 5.41) is 29.5. The van der Waals surface area contributed by atoms with E-state index in [2.05, 4.69) is 11.1 Å². The molecule has 0 bridgehead atoms. The molecule has 0 aromatic heterocycles. The fourth-order valence-corrected chi connectivity index (χ4v) is 1.70. The van der Waals surface area contributed by atoms with Crippen LogP contribution in [0.5, 0.6) is 0 Å². The molecular formula is C14H25N2NaO4. The molecule has 0 aromatic carbocycles. The van der Waals surface area contributed by atoms with E-state index in [-0.39, 0.29) is 55.2 Å². The third-order valence-corrected chi connectivity index (χ3v) is 2.58. The number of hydrogen-bond acceptors (Lipinski definition) is 5. The second kappa shape index (κ2) is 14.5. The van der Waals surface area contributed by atoms with Crippen molar-refractivity contribution in [2.75, 3.05) is 19.8 Å². The van der Waals surface area contributed by atoms with Crippen molar-refractivity contribution in [2.45, 2.75) is 45.6 Å². The number of carboxylic acids is 1. The summed E-state index contributed by atoms with van der Waals surface area (Å²) in [6, 6.07) is 0. The van der Waals surface area contributed by atoms with Crippen LogP contribution in [0.2, 0.25) is 0 Å². The Morgan fingerprint density at radius 2 is 2.10 bits per heavy atom. The summed E-state index contributed by atoms with van der Waals surface area (Å²) in [5.74, 6) is -1.22. The minimum Gasteiger partial charge on any atom is -0.862 e. The number of allylic oxidation sites excluding steroid dienone is 2. The van der Waals surface area contributed by atoms with Crippen molar-refractivity contribution < 1.29 is 49.7 Å². The van der Waals surface area contributed by atoms with Crippen LogP contribution in [0.3, 0.4) is 0 Å². The zero-order valence-corrected chi connectivity index (χ0v) is 15.3. The van der Waals surface area contributed by atoms with E-state index >= 15 is 0 Å². The van der Waals surface area contributed by atoms with Crippen molar-refractivity contribution in [3.63, 3.8) is 0 Å². The van der Waals surface area contributed by atoms with Crippen LogP contribution in [0.4, 0.5) is 0 Å². The average molecular weight is 308 g/mol. The van der Waals surface area contributed by atoms with Gasteiger partial charge in [-0.25, -0.2) is 0 Å². The first kappa shape index (κ1) is 22.9. The summed E-state index contributed by atoms with van der Waals surface area (Å²) in [5.41, 5.74) is 0. The Morgan fingerprint density at radius 3 is 2.62 bits per heavy atom. The normalized spacial score (nSPS) is 13.4. The van der Waals surface area contributed by atoms with E-state index in [9.17, 15) is 15.0 Å². The minimum atomic E-state index is -1.00. The Kier molecular flexibility index (Phi) is 15.8. The molecule has 0 heterocycles. The van der Waals surface area contributed by atoms with Crippen molar-refractivity contribution in [2.24, 2.45) is 4.99 Å². The first-order valence-corrected chi connectivity index (χ1v) is 6.89. The molecule has 0 saturated heterocycles. The van der Waals surface area contributed by atoms with Gasteiger partial charge in [-0.2, -0.15) is 0 Å². The molecule has 21 heavy (non-hydrogen) atoms. The maximum atomic E-state index is 11.5. The maximum Gasteiger partial charge on any atom is 1.00 e. The molecule has 0 rings (SSSR count). The van der Waals surface area contributed by atoms with Crippen LogP contribution in [0.15, 0.2) is 17.1 Å². The van der Waals surface area contributed by atoms with Crippen molar-refractivity contribution in [3.8, 4) is 0 Å². The number of carboxylic acid groups (broad SMARTS) is 1. The van der Waals surface area contributed by atoms with E-state index < -0.39 is 12.1 Å². The van der Waals surface area contributed by atoms with Gasteiger partial charge >= 0.3 is 35.5 Å². The quantitative estimate of drug-likeness (QED) is 0.146. The fourth-order valence-electron chi connectivity index (χ4n) is 1.70. The summed E-state index contributed by atoms with van der Waals surface area (Å²) in [6.45, 7) is 3.50. The monoisotopic (exact) mass is 308 g/mol. The van der Waals surface area contributed by atoms with Gasteiger partial charge in [0, 0.05) is 6.54 Å². The predicted molar refractivity (Wildman–Crippen MR) is 76.5 cm³/mol. The summed E-state index contributed by atoms with van der Waals surface area (Å²) >= 11 is 0.